The summed E-state index contributed by atoms with van der Waals surface area (Å²) in [5.74, 6) is -0.449. The molecule has 5 nitrogen and oxygen atoms in total. The molecule has 0 aliphatic carbocycles. The summed E-state index contributed by atoms with van der Waals surface area (Å²) in [6.07, 6.45) is 2.08. The van der Waals surface area contributed by atoms with Crippen LogP contribution < -0.4 is 4.90 Å². The second kappa shape index (κ2) is 5.75. The van der Waals surface area contributed by atoms with Gasteiger partial charge in [-0.25, -0.2) is 9.78 Å². The maximum absolute atomic E-state index is 11.1. The topological polar surface area (TPSA) is 62.7 Å². The fourth-order valence-electron chi connectivity index (χ4n) is 2.43. The van der Waals surface area contributed by atoms with E-state index >= 15 is 0 Å². The number of hydrogen-bond acceptors (Lipinski definition) is 4. The van der Waals surface area contributed by atoms with Gasteiger partial charge in [-0.15, -0.1) is 0 Å². The summed E-state index contributed by atoms with van der Waals surface area (Å²) in [7, 11) is 1.72. The van der Waals surface area contributed by atoms with Crippen LogP contribution in [-0.2, 0) is 4.74 Å². The standard InChI is InChI=1S/C13H17ClN2O3/c1-8-7-9(19-2)5-6-16(8)11-4-3-10(14)12(15-11)13(17)18/h3-4,8-9H,5-7H2,1-2H3,(H,17,18). The van der Waals surface area contributed by atoms with E-state index in [4.69, 9.17) is 21.4 Å². The maximum atomic E-state index is 11.1. The number of halogens is 1. The number of carboxylic acid groups (broad SMARTS) is 1. The van der Waals surface area contributed by atoms with Gasteiger partial charge in [-0.05, 0) is 31.9 Å². The van der Waals surface area contributed by atoms with E-state index in [0.29, 0.717) is 5.82 Å². The summed E-state index contributed by atoms with van der Waals surface area (Å²) in [6, 6.07) is 3.61. The Morgan fingerprint density at radius 2 is 2.32 bits per heavy atom. The largest absolute Gasteiger partial charge is 0.476 e. The average molecular weight is 285 g/mol. The van der Waals surface area contributed by atoms with Crippen LogP contribution in [0.15, 0.2) is 12.1 Å². The van der Waals surface area contributed by atoms with Gasteiger partial charge in [0.1, 0.15) is 5.82 Å². The Bertz CT molecular complexity index is 481. The van der Waals surface area contributed by atoms with Crippen molar-refractivity contribution in [1.82, 2.24) is 4.98 Å². The Morgan fingerprint density at radius 1 is 1.58 bits per heavy atom. The molecule has 1 aromatic heterocycles. The molecule has 2 heterocycles. The number of carboxylic acids is 1. The highest BCUT2D eigenvalue weighted by Gasteiger charge is 2.27. The van der Waals surface area contributed by atoms with E-state index in [1.807, 2.05) is 0 Å². The van der Waals surface area contributed by atoms with E-state index in [-0.39, 0.29) is 22.9 Å². The molecule has 0 spiro atoms. The van der Waals surface area contributed by atoms with Crippen molar-refractivity contribution in [3.05, 3.63) is 22.8 Å². The van der Waals surface area contributed by atoms with Crippen LogP contribution in [0.5, 0.6) is 0 Å². The van der Waals surface area contributed by atoms with Crippen LogP contribution >= 0.6 is 11.6 Å². The van der Waals surface area contributed by atoms with Gasteiger partial charge in [0.25, 0.3) is 0 Å². The normalized spacial score (nSPS) is 23.4. The number of carbonyl (C=O) groups is 1. The summed E-state index contributed by atoms with van der Waals surface area (Å²) < 4.78 is 5.36. The molecular weight excluding hydrogens is 268 g/mol. The fourth-order valence-corrected chi connectivity index (χ4v) is 2.61. The molecule has 1 aromatic rings. The molecular formula is C13H17ClN2O3. The molecule has 0 amide bonds. The lowest BCUT2D eigenvalue weighted by atomic mass is 10.0. The molecule has 0 saturated carbocycles. The zero-order valence-corrected chi connectivity index (χ0v) is 11.7. The molecule has 6 heteroatoms. The maximum Gasteiger partial charge on any atom is 0.356 e. The monoisotopic (exact) mass is 284 g/mol. The Labute approximate surface area is 117 Å². The fraction of sp³-hybridized carbons (Fsp3) is 0.538. The van der Waals surface area contributed by atoms with Crippen LogP contribution in [0.1, 0.15) is 30.3 Å². The highest BCUT2D eigenvalue weighted by Crippen LogP contribution is 2.26. The second-order valence-electron chi connectivity index (χ2n) is 4.73. The number of ether oxygens (including phenoxy) is 1. The van der Waals surface area contributed by atoms with E-state index in [1.165, 1.54) is 0 Å². The first-order valence-electron chi connectivity index (χ1n) is 6.22. The molecule has 2 atom stereocenters. The van der Waals surface area contributed by atoms with Gasteiger partial charge in [-0.1, -0.05) is 11.6 Å². The van der Waals surface area contributed by atoms with E-state index in [0.717, 1.165) is 19.4 Å². The highest BCUT2D eigenvalue weighted by atomic mass is 35.5. The summed E-state index contributed by atoms with van der Waals surface area (Å²) >= 11 is 5.83. The number of nitrogens with zero attached hydrogens (tertiary/aromatic N) is 2. The lowest BCUT2D eigenvalue weighted by Gasteiger charge is -2.38. The molecule has 1 aliphatic heterocycles. The minimum atomic E-state index is -1.11. The molecule has 0 bridgehead atoms. The van der Waals surface area contributed by atoms with Crippen LogP contribution in [0.2, 0.25) is 5.02 Å². The molecule has 0 aromatic carbocycles. The van der Waals surface area contributed by atoms with Crippen molar-refractivity contribution in [3.63, 3.8) is 0 Å². The van der Waals surface area contributed by atoms with Gasteiger partial charge in [0.15, 0.2) is 5.69 Å². The Morgan fingerprint density at radius 3 is 2.89 bits per heavy atom. The smallest absolute Gasteiger partial charge is 0.356 e. The van der Waals surface area contributed by atoms with Gasteiger partial charge < -0.3 is 14.7 Å². The first-order chi connectivity index (χ1) is 9.02. The lowest BCUT2D eigenvalue weighted by Crippen LogP contribution is -2.43. The van der Waals surface area contributed by atoms with Crippen LogP contribution in [0.25, 0.3) is 0 Å². The summed E-state index contributed by atoms with van der Waals surface area (Å²) in [6.45, 7) is 2.88. The molecule has 1 saturated heterocycles. The van der Waals surface area contributed by atoms with Crippen LogP contribution in [-0.4, -0.2) is 41.9 Å². The quantitative estimate of drug-likeness (QED) is 0.924. The molecule has 0 radical (unpaired) electrons. The van der Waals surface area contributed by atoms with E-state index in [9.17, 15) is 4.79 Å². The van der Waals surface area contributed by atoms with Crippen LogP contribution in [0, 0.1) is 0 Å². The third kappa shape index (κ3) is 2.98. The first kappa shape index (κ1) is 14.1. The first-order valence-corrected chi connectivity index (χ1v) is 6.60. The summed E-state index contributed by atoms with van der Waals surface area (Å²) in [5, 5.41) is 9.21. The third-order valence-electron chi connectivity index (χ3n) is 3.49. The second-order valence-corrected chi connectivity index (χ2v) is 5.14. The summed E-state index contributed by atoms with van der Waals surface area (Å²) in [5.41, 5.74) is -0.0970. The van der Waals surface area contributed by atoms with Crippen molar-refractivity contribution in [2.24, 2.45) is 0 Å². The SMILES string of the molecule is COC1CCN(c2ccc(Cl)c(C(=O)O)n2)C(C)C1. The molecule has 1 aliphatic rings. The molecule has 104 valence electrons. The minimum absolute atomic E-state index is 0.0970. The van der Waals surface area contributed by atoms with Gasteiger partial charge in [-0.2, -0.15) is 0 Å². The Hall–Kier alpha value is -1.33. The van der Waals surface area contributed by atoms with Crippen molar-refractivity contribution in [2.75, 3.05) is 18.6 Å². The lowest BCUT2D eigenvalue weighted by molar-refractivity contribution is 0.0686. The van der Waals surface area contributed by atoms with E-state index in [1.54, 1.807) is 19.2 Å². The highest BCUT2D eigenvalue weighted by molar-refractivity contribution is 6.33. The van der Waals surface area contributed by atoms with Gasteiger partial charge in [0, 0.05) is 19.7 Å². The molecule has 2 rings (SSSR count). The Balaban J connectivity index is 2.23. The predicted molar refractivity (Wildman–Crippen MR) is 73.0 cm³/mol. The van der Waals surface area contributed by atoms with Gasteiger partial charge in [0.05, 0.1) is 11.1 Å². The van der Waals surface area contributed by atoms with Crippen molar-refractivity contribution in [1.29, 1.82) is 0 Å². The van der Waals surface area contributed by atoms with Crippen molar-refractivity contribution in [3.8, 4) is 0 Å². The molecule has 1 fully saturated rings. The number of aromatic carboxylic acids is 1. The van der Waals surface area contributed by atoms with Crippen molar-refractivity contribution >= 4 is 23.4 Å². The minimum Gasteiger partial charge on any atom is -0.476 e. The zero-order valence-electron chi connectivity index (χ0n) is 11.0. The number of methoxy groups -OCH3 is 1. The van der Waals surface area contributed by atoms with E-state index in [2.05, 4.69) is 16.8 Å². The number of hydrogen-bond donors (Lipinski definition) is 1. The summed E-state index contributed by atoms with van der Waals surface area (Å²) in [4.78, 5) is 17.3. The zero-order chi connectivity index (χ0) is 14.0. The number of aromatic nitrogens is 1. The average Bonchev–Trinajstić information content (AvgIpc) is 2.39. The third-order valence-corrected chi connectivity index (χ3v) is 3.79. The number of rotatable bonds is 3. The Kier molecular flexibility index (Phi) is 4.27. The number of pyridine rings is 1. The van der Waals surface area contributed by atoms with E-state index < -0.39 is 5.97 Å². The van der Waals surface area contributed by atoms with Crippen LogP contribution in [0.3, 0.4) is 0 Å². The van der Waals surface area contributed by atoms with Gasteiger partial charge >= 0.3 is 5.97 Å². The van der Waals surface area contributed by atoms with Gasteiger partial charge in [0.2, 0.25) is 0 Å². The van der Waals surface area contributed by atoms with Crippen LogP contribution in [0.4, 0.5) is 5.82 Å². The van der Waals surface area contributed by atoms with Crippen molar-refractivity contribution in [2.45, 2.75) is 31.9 Å². The number of anilines is 1. The molecule has 1 N–H and O–H groups in total. The molecule has 2 unspecified atom stereocenters. The molecule has 19 heavy (non-hydrogen) atoms. The van der Waals surface area contributed by atoms with Gasteiger partial charge in [-0.3, -0.25) is 0 Å². The number of piperidine rings is 1. The predicted octanol–water partition coefficient (Wildman–Crippen LogP) is 2.44. The van der Waals surface area contributed by atoms with Crippen molar-refractivity contribution < 1.29 is 14.6 Å².